The molecule has 1 fully saturated rings. The van der Waals surface area contributed by atoms with E-state index in [1.165, 1.54) is 6.42 Å². The van der Waals surface area contributed by atoms with Crippen molar-refractivity contribution in [2.75, 3.05) is 19.8 Å². The molecule has 0 aliphatic carbocycles. The van der Waals surface area contributed by atoms with E-state index in [0.717, 1.165) is 19.4 Å². The van der Waals surface area contributed by atoms with Gasteiger partial charge in [-0.15, -0.1) is 0 Å². The smallest absolute Gasteiger partial charge is 0.157 e. The molecule has 1 aliphatic heterocycles. The molecule has 2 atom stereocenters. The zero-order valence-corrected chi connectivity index (χ0v) is 7.66. The minimum absolute atomic E-state index is 0.0206. The molecule has 0 amide bonds. The summed E-state index contributed by atoms with van der Waals surface area (Å²) in [6, 6.07) is 0. The Balaban J connectivity index is 2.05. The van der Waals surface area contributed by atoms with E-state index in [4.69, 9.17) is 14.6 Å². The fraction of sp³-hybridized carbons (Fsp3) is 1.00. The third kappa shape index (κ3) is 3.52. The number of hydrogen-bond acceptors (Lipinski definition) is 3. The van der Waals surface area contributed by atoms with Crippen LogP contribution in [-0.4, -0.2) is 31.2 Å². The second kappa shape index (κ2) is 5.51. The van der Waals surface area contributed by atoms with Gasteiger partial charge >= 0.3 is 0 Å². The first-order chi connectivity index (χ1) is 5.83. The first kappa shape index (κ1) is 9.96. The van der Waals surface area contributed by atoms with Crippen LogP contribution >= 0.6 is 0 Å². The number of aliphatic hydroxyl groups excluding tert-OH is 1. The Kier molecular flexibility index (Phi) is 4.58. The van der Waals surface area contributed by atoms with Crippen LogP contribution in [0.4, 0.5) is 0 Å². The topological polar surface area (TPSA) is 38.7 Å². The van der Waals surface area contributed by atoms with E-state index in [1.807, 2.05) is 6.92 Å². The number of hydrogen-bond donors (Lipinski definition) is 1. The summed E-state index contributed by atoms with van der Waals surface area (Å²) in [5.41, 5.74) is 0. The van der Waals surface area contributed by atoms with E-state index in [0.29, 0.717) is 6.61 Å². The summed E-state index contributed by atoms with van der Waals surface area (Å²) in [6.45, 7) is 3.56. The van der Waals surface area contributed by atoms with Crippen LogP contribution < -0.4 is 0 Å². The molecule has 1 saturated heterocycles. The molecule has 0 aromatic carbocycles. The Morgan fingerprint density at radius 1 is 1.58 bits per heavy atom. The number of ether oxygens (including phenoxy) is 2. The van der Waals surface area contributed by atoms with Crippen LogP contribution in [0.15, 0.2) is 0 Å². The molecule has 1 rings (SSSR count). The lowest BCUT2D eigenvalue weighted by Gasteiger charge is -2.23. The lowest BCUT2D eigenvalue weighted by Crippen LogP contribution is -2.25. The Morgan fingerprint density at radius 2 is 2.42 bits per heavy atom. The van der Waals surface area contributed by atoms with E-state index in [1.54, 1.807) is 0 Å². The molecule has 1 unspecified atom stereocenters. The minimum Gasteiger partial charge on any atom is -0.396 e. The summed E-state index contributed by atoms with van der Waals surface area (Å²) >= 11 is 0. The fourth-order valence-electron chi connectivity index (χ4n) is 1.17. The van der Waals surface area contributed by atoms with Crippen LogP contribution in [0.25, 0.3) is 0 Å². The van der Waals surface area contributed by atoms with Crippen molar-refractivity contribution in [1.29, 1.82) is 0 Å². The van der Waals surface area contributed by atoms with Crippen molar-refractivity contribution in [3.05, 3.63) is 0 Å². The van der Waals surface area contributed by atoms with Gasteiger partial charge in [0, 0.05) is 19.1 Å². The monoisotopic (exact) mass is 174 g/mol. The Hall–Kier alpha value is -0.120. The number of aliphatic hydroxyl groups is 1. The van der Waals surface area contributed by atoms with Gasteiger partial charge in [-0.25, -0.2) is 0 Å². The molecular formula is C9H18O3. The molecule has 0 aromatic rings. The van der Waals surface area contributed by atoms with Crippen molar-refractivity contribution >= 4 is 0 Å². The maximum absolute atomic E-state index is 8.74. The molecule has 0 aromatic heterocycles. The highest BCUT2D eigenvalue weighted by Gasteiger charge is 2.14. The molecule has 12 heavy (non-hydrogen) atoms. The number of rotatable bonds is 4. The lowest BCUT2D eigenvalue weighted by molar-refractivity contribution is -0.169. The predicted octanol–water partition coefficient (Wildman–Crippen LogP) is 1.16. The maximum atomic E-state index is 8.74. The molecule has 1 heterocycles. The van der Waals surface area contributed by atoms with E-state index in [-0.39, 0.29) is 18.8 Å². The average molecular weight is 174 g/mol. The first-order valence-electron chi connectivity index (χ1n) is 4.67. The summed E-state index contributed by atoms with van der Waals surface area (Å²) in [4.78, 5) is 0. The third-order valence-electron chi connectivity index (χ3n) is 2.02. The first-order valence-corrected chi connectivity index (χ1v) is 4.67. The Labute approximate surface area is 73.7 Å². The molecular weight excluding hydrogens is 156 g/mol. The van der Waals surface area contributed by atoms with E-state index < -0.39 is 0 Å². The summed E-state index contributed by atoms with van der Waals surface area (Å²) in [5, 5.41) is 8.74. The largest absolute Gasteiger partial charge is 0.396 e. The highest BCUT2D eigenvalue weighted by atomic mass is 16.7. The molecule has 0 radical (unpaired) electrons. The maximum Gasteiger partial charge on any atom is 0.157 e. The minimum atomic E-state index is -0.0206. The van der Waals surface area contributed by atoms with Gasteiger partial charge in [0.1, 0.15) is 0 Å². The van der Waals surface area contributed by atoms with Crippen LogP contribution in [0.5, 0.6) is 0 Å². The normalized spacial score (nSPS) is 27.0. The van der Waals surface area contributed by atoms with Crippen molar-refractivity contribution in [3.63, 3.8) is 0 Å². The van der Waals surface area contributed by atoms with Crippen molar-refractivity contribution in [2.24, 2.45) is 5.92 Å². The van der Waals surface area contributed by atoms with Gasteiger partial charge in [0.15, 0.2) is 6.29 Å². The Morgan fingerprint density at radius 3 is 3.00 bits per heavy atom. The van der Waals surface area contributed by atoms with E-state index >= 15 is 0 Å². The van der Waals surface area contributed by atoms with Crippen molar-refractivity contribution < 1.29 is 14.6 Å². The molecule has 1 N–H and O–H groups in total. The van der Waals surface area contributed by atoms with Crippen molar-refractivity contribution in [2.45, 2.75) is 32.5 Å². The van der Waals surface area contributed by atoms with Gasteiger partial charge in [-0.2, -0.15) is 0 Å². The lowest BCUT2D eigenvalue weighted by atomic mass is 10.2. The summed E-state index contributed by atoms with van der Waals surface area (Å²) in [6.07, 6.45) is 3.32. The van der Waals surface area contributed by atoms with Crippen LogP contribution in [0.3, 0.4) is 0 Å². The summed E-state index contributed by atoms with van der Waals surface area (Å²) < 4.78 is 10.8. The average Bonchev–Trinajstić information content (AvgIpc) is 2.16. The van der Waals surface area contributed by atoms with Crippen molar-refractivity contribution in [3.8, 4) is 0 Å². The summed E-state index contributed by atoms with van der Waals surface area (Å²) in [5.74, 6) is 0.218. The molecule has 72 valence electrons. The molecule has 0 saturated carbocycles. The van der Waals surface area contributed by atoms with Gasteiger partial charge in [0.05, 0.1) is 6.61 Å². The SMILES string of the molecule is C[C@@H](CO)COC1CCCCO1. The predicted molar refractivity (Wildman–Crippen MR) is 45.8 cm³/mol. The molecule has 3 heteroatoms. The molecule has 0 bridgehead atoms. The second-order valence-electron chi connectivity index (χ2n) is 3.42. The second-order valence-corrected chi connectivity index (χ2v) is 3.42. The van der Waals surface area contributed by atoms with Gasteiger partial charge in [-0.05, 0) is 19.3 Å². The van der Waals surface area contributed by atoms with Crippen LogP contribution in [-0.2, 0) is 9.47 Å². The van der Waals surface area contributed by atoms with Crippen LogP contribution in [0, 0.1) is 5.92 Å². The third-order valence-corrected chi connectivity index (χ3v) is 2.02. The molecule has 0 spiro atoms. The highest BCUT2D eigenvalue weighted by molar-refractivity contribution is 4.55. The highest BCUT2D eigenvalue weighted by Crippen LogP contribution is 2.14. The summed E-state index contributed by atoms with van der Waals surface area (Å²) in [7, 11) is 0. The quantitative estimate of drug-likeness (QED) is 0.695. The fourth-order valence-corrected chi connectivity index (χ4v) is 1.17. The zero-order valence-electron chi connectivity index (χ0n) is 7.66. The van der Waals surface area contributed by atoms with Gasteiger partial charge in [-0.3, -0.25) is 0 Å². The molecule has 1 aliphatic rings. The van der Waals surface area contributed by atoms with Crippen LogP contribution in [0.1, 0.15) is 26.2 Å². The van der Waals surface area contributed by atoms with E-state index in [2.05, 4.69) is 0 Å². The van der Waals surface area contributed by atoms with E-state index in [9.17, 15) is 0 Å². The van der Waals surface area contributed by atoms with Gasteiger partial charge in [-0.1, -0.05) is 6.92 Å². The van der Waals surface area contributed by atoms with Gasteiger partial charge in [0.25, 0.3) is 0 Å². The zero-order chi connectivity index (χ0) is 8.81. The van der Waals surface area contributed by atoms with Crippen molar-refractivity contribution in [1.82, 2.24) is 0 Å². The van der Waals surface area contributed by atoms with Gasteiger partial charge in [0.2, 0.25) is 0 Å². The molecule has 3 nitrogen and oxygen atoms in total. The Bertz CT molecular complexity index is 110. The van der Waals surface area contributed by atoms with Gasteiger partial charge < -0.3 is 14.6 Å². The standard InChI is InChI=1S/C9H18O3/c1-8(6-10)7-12-9-4-2-3-5-11-9/h8-10H,2-7H2,1H3/t8-,9?/m0/s1. The van der Waals surface area contributed by atoms with Crippen LogP contribution in [0.2, 0.25) is 0 Å².